The van der Waals surface area contributed by atoms with Gasteiger partial charge in [-0.25, -0.2) is 28.9 Å². The minimum Gasteiger partial charge on any atom is -0.482 e. The third-order valence-corrected chi connectivity index (χ3v) is 6.50. The zero-order valence-corrected chi connectivity index (χ0v) is 33.0. The molecule has 17 heteroatoms. The van der Waals surface area contributed by atoms with Crippen molar-refractivity contribution >= 4 is 53.1 Å². The standard InChI is InChI=1S/C18H25N3O4.C18H21NO9.C2H6/c1-17(2,3)24-15(22)21(16(23)25-18(4,5)6)11-12-10-13(19)8-9-14(12)20-7;1-3-25-14(21)10-27-13-6-4-5-12(9-13)19-7-8-26-15(17(19)22)16(18(23)24)28-11(2)20;1-2/h8-10H,11,19H2,1-6H3;4-6,9,15-16H,3,7-8,10H2,1-2H3,(H,23,24);1-2H3/t;15-,16-;/m.1./s1. The van der Waals surface area contributed by atoms with Crippen LogP contribution in [0.5, 0.6) is 5.75 Å². The number of hydrogen-bond acceptors (Lipinski definition) is 13. The molecule has 55 heavy (non-hydrogen) atoms. The highest BCUT2D eigenvalue weighted by molar-refractivity contribution is 6.00. The maximum Gasteiger partial charge on any atom is 0.420 e. The first-order valence-electron chi connectivity index (χ1n) is 17.4. The van der Waals surface area contributed by atoms with Gasteiger partial charge in [-0.1, -0.05) is 26.0 Å². The van der Waals surface area contributed by atoms with Crippen molar-refractivity contribution in [3.8, 4) is 5.75 Å². The minimum atomic E-state index is -1.75. The summed E-state index contributed by atoms with van der Waals surface area (Å²) in [6, 6.07) is 11.1. The van der Waals surface area contributed by atoms with Crippen molar-refractivity contribution in [1.29, 1.82) is 0 Å². The summed E-state index contributed by atoms with van der Waals surface area (Å²) in [5.41, 5.74) is 5.78. The summed E-state index contributed by atoms with van der Waals surface area (Å²) in [4.78, 5) is 77.2. The predicted molar refractivity (Wildman–Crippen MR) is 200 cm³/mol. The molecule has 1 heterocycles. The topological polar surface area (TPSA) is 215 Å². The van der Waals surface area contributed by atoms with Gasteiger partial charge in [0.1, 0.15) is 17.0 Å². The Balaban J connectivity index is 0.000000530. The van der Waals surface area contributed by atoms with Gasteiger partial charge in [0.25, 0.3) is 5.91 Å². The number of carbonyl (C=O) groups excluding carboxylic acids is 5. The average molecular weight is 773 g/mol. The van der Waals surface area contributed by atoms with Crippen molar-refractivity contribution in [2.24, 2.45) is 0 Å². The molecule has 0 radical (unpaired) electrons. The van der Waals surface area contributed by atoms with Crippen LogP contribution in [0, 0.1) is 6.57 Å². The van der Waals surface area contributed by atoms with Crippen LogP contribution in [0.2, 0.25) is 0 Å². The van der Waals surface area contributed by atoms with Gasteiger partial charge in [-0.05, 0) is 78.3 Å². The first-order valence-corrected chi connectivity index (χ1v) is 17.4. The van der Waals surface area contributed by atoms with E-state index in [9.17, 15) is 33.9 Å². The van der Waals surface area contributed by atoms with E-state index >= 15 is 0 Å². The molecule has 0 spiro atoms. The molecule has 0 bridgehead atoms. The maximum atomic E-state index is 12.7. The van der Waals surface area contributed by atoms with Crippen LogP contribution in [0.4, 0.5) is 26.7 Å². The van der Waals surface area contributed by atoms with E-state index in [-0.39, 0.29) is 32.9 Å². The molecule has 1 fully saturated rings. The van der Waals surface area contributed by atoms with Crippen LogP contribution in [0.25, 0.3) is 4.85 Å². The summed E-state index contributed by atoms with van der Waals surface area (Å²) in [6.07, 6.45) is -4.92. The van der Waals surface area contributed by atoms with Gasteiger partial charge in [0.05, 0.1) is 26.3 Å². The Morgan fingerprint density at radius 1 is 1.02 bits per heavy atom. The van der Waals surface area contributed by atoms with E-state index in [0.29, 0.717) is 28.4 Å². The van der Waals surface area contributed by atoms with Crippen molar-refractivity contribution < 1.29 is 62.3 Å². The summed E-state index contributed by atoms with van der Waals surface area (Å²) in [5.74, 6) is -3.18. The zero-order valence-electron chi connectivity index (χ0n) is 33.0. The number of amides is 3. The maximum absolute atomic E-state index is 12.7. The molecular formula is C38H52N4O13. The van der Waals surface area contributed by atoms with E-state index in [2.05, 4.69) is 4.85 Å². The number of nitrogens with two attached hydrogens (primary N) is 1. The number of carboxylic acids is 1. The van der Waals surface area contributed by atoms with E-state index in [1.54, 1.807) is 84.9 Å². The molecule has 0 saturated carbocycles. The largest absolute Gasteiger partial charge is 0.482 e. The van der Waals surface area contributed by atoms with Crippen molar-refractivity contribution in [2.75, 3.05) is 37.0 Å². The monoisotopic (exact) mass is 772 g/mol. The van der Waals surface area contributed by atoms with Crippen molar-refractivity contribution in [3.05, 3.63) is 59.4 Å². The number of hydrogen-bond donors (Lipinski definition) is 2. The second-order valence-corrected chi connectivity index (χ2v) is 13.3. The number of esters is 2. The van der Waals surface area contributed by atoms with Crippen LogP contribution in [0.15, 0.2) is 42.5 Å². The van der Waals surface area contributed by atoms with Gasteiger partial charge in [0.15, 0.2) is 18.4 Å². The number of nitrogens with zero attached hydrogens (tertiary/aromatic N) is 3. The number of rotatable bonds is 10. The van der Waals surface area contributed by atoms with E-state index in [1.807, 2.05) is 13.8 Å². The van der Waals surface area contributed by atoms with Crippen molar-refractivity contribution in [1.82, 2.24) is 4.90 Å². The smallest absolute Gasteiger partial charge is 0.420 e. The van der Waals surface area contributed by atoms with Crippen LogP contribution in [-0.2, 0) is 49.4 Å². The van der Waals surface area contributed by atoms with Crippen LogP contribution in [0.1, 0.15) is 74.8 Å². The van der Waals surface area contributed by atoms with Gasteiger partial charge in [-0.3, -0.25) is 9.59 Å². The average Bonchev–Trinajstić information content (AvgIpc) is 3.08. The zero-order chi connectivity index (χ0) is 42.1. The summed E-state index contributed by atoms with van der Waals surface area (Å²) >= 11 is 0. The quantitative estimate of drug-likeness (QED) is 0.125. The van der Waals surface area contributed by atoms with E-state index in [0.717, 1.165) is 11.8 Å². The Kier molecular flexibility index (Phi) is 18.6. The normalized spacial score (nSPS) is 14.2. The molecule has 3 N–H and O–H groups in total. The molecule has 2 atom stereocenters. The SMILES string of the molecule is CC.CCOC(=O)COc1cccc(N2CCO[C@H]([C@@H](OC(C)=O)C(=O)O)C2=O)c1.[C-]#[N+]c1ccc(N)cc1CN(C(=O)OC(C)(C)C)C(=O)OC(C)(C)C. The van der Waals surface area contributed by atoms with Gasteiger partial charge >= 0.3 is 30.1 Å². The Morgan fingerprint density at radius 3 is 2.13 bits per heavy atom. The van der Waals surface area contributed by atoms with Crippen LogP contribution in [-0.4, -0.2) is 95.8 Å². The highest BCUT2D eigenvalue weighted by atomic mass is 16.6. The molecule has 1 aliphatic rings. The van der Waals surface area contributed by atoms with Crippen LogP contribution >= 0.6 is 0 Å². The molecule has 2 aromatic carbocycles. The fourth-order valence-corrected chi connectivity index (χ4v) is 4.44. The first-order chi connectivity index (χ1) is 25.6. The predicted octanol–water partition coefficient (Wildman–Crippen LogP) is 5.89. The number of carbonyl (C=O) groups is 6. The number of ether oxygens (including phenoxy) is 6. The number of imide groups is 1. The minimum absolute atomic E-state index is 0.0510. The molecule has 0 aromatic heterocycles. The fraction of sp³-hybridized carbons (Fsp3) is 0.500. The fourth-order valence-electron chi connectivity index (χ4n) is 4.44. The highest BCUT2D eigenvalue weighted by Gasteiger charge is 2.42. The summed E-state index contributed by atoms with van der Waals surface area (Å²) < 4.78 is 30.7. The van der Waals surface area contributed by atoms with Gasteiger partial charge in [-0.15, -0.1) is 0 Å². The van der Waals surface area contributed by atoms with Crippen molar-refractivity contribution in [3.63, 3.8) is 0 Å². The molecular weight excluding hydrogens is 720 g/mol. The lowest BCUT2D eigenvalue weighted by molar-refractivity contribution is -0.177. The molecule has 1 saturated heterocycles. The van der Waals surface area contributed by atoms with Gasteiger partial charge in [0.2, 0.25) is 6.10 Å². The molecule has 1 aliphatic heterocycles. The number of morpholine rings is 1. The Bertz CT molecular complexity index is 1660. The number of anilines is 2. The van der Waals surface area contributed by atoms with E-state index < -0.39 is 59.4 Å². The molecule has 302 valence electrons. The Morgan fingerprint density at radius 2 is 1.62 bits per heavy atom. The van der Waals surface area contributed by atoms with Crippen LogP contribution in [0.3, 0.4) is 0 Å². The molecule has 17 nitrogen and oxygen atoms in total. The van der Waals surface area contributed by atoms with Gasteiger partial charge < -0.3 is 44.2 Å². The summed E-state index contributed by atoms with van der Waals surface area (Å²) in [6.45, 7) is 24.1. The number of aliphatic carboxylic acids is 1. The van der Waals surface area contributed by atoms with Crippen LogP contribution < -0.4 is 15.4 Å². The molecule has 3 rings (SSSR count). The van der Waals surface area contributed by atoms with Gasteiger partial charge in [0, 0.05) is 30.9 Å². The second-order valence-electron chi connectivity index (χ2n) is 13.3. The van der Waals surface area contributed by atoms with E-state index in [1.165, 1.54) is 11.0 Å². The summed E-state index contributed by atoms with van der Waals surface area (Å²) in [5, 5.41) is 9.27. The lowest BCUT2D eigenvalue weighted by Gasteiger charge is -2.34. The third kappa shape index (κ3) is 16.3. The molecule has 0 unspecified atom stereocenters. The van der Waals surface area contributed by atoms with Gasteiger partial charge in [-0.2, -0.15) is 0 Å². The number of benzene rings is 2. The Labute approximate surface area is 321 Å². The molecule has 0 aliphatic carbocycles. The number of carboxylic acid groups (broad SMARTS) is 1. The first kappa shape index (κ1) is 47.1. The molecule has 2 aromatic rings. The molecule has 3 amide bonds. The lowest BCUT2D eigenvalue weighted by Crippen LogP contribution is -2.55. The Hall–Kier alpha value is -5.89. The van der Waals surface area contributed by atoms with Crippen molar-refractivity contribution in [2.45, 2.75) is 99.2 Å². The number of nitrogen functional groups attached to an aromatic ring is 1. The highest BCUT2D eigenvalue weighted by Crippen LogP contribution is 2.27. The van der Waals surface area contributed by atoms with E-state index in [4.69, 9.17) is 40.7 Å². The lowest BCUT2D eigenvalue weighted by atomic mass is 10.1. The summed E-state index contributed by atoms with van der Waals surface area (Å²) in [7, 11) is 0. The second kappa shape index (κ2) is 21.7. The third-order valence-electron chi connectivity index (χ3n) is 6.50.